The number of rotatable bonds is 1. The Balaban J connectivity index is 2.68. The summed E-state index contributed by atoms with van der Waals surface area (Å²) < 4.78 is 1.36. The Morgan fingerprint density at radius 2 is 2.42 bits per heavy atom. The Hall–Kier alpha value is -1.98. The van der Waals surface area contributed by atoms with Gasteiger partial charge in [-0.05, 0) is 0 Å². The second-order valence-electron chi connectivity index (χ2n) is 2.20. The largest absolute Gasteiger partial charge is 0.305 e. The number of nitro groups is 1. The second kappa shape index (κ2) is 2.26. The molecular weight excluding hydrogens is 160 g/mol. The Kier molecular flexibility index (Phi) is 1.26. The Labute approximate surface area is 66.6 Å². The van der Waals surface area contributed by atoms with E-state index in [0.29, 0.717) is 5.65 Å². The van der Waals surface area contributed by atoms with Crippen molar-refractivity contribution in [3.63, 3.8) is 0 Å². The molecule has 2 heterocycles. The van der Waals surface area contributed by atoms with Crippen molar-refractivity contribution in [3.05, 3.63) is 34.8 Å². The van der Waals surface area contributed by atoms with Gasteiger partial charge in [-0.2, -0.15) is 5.10 Å². The van der Waals surface area contributed by atoms with E-state index in [2.05, 4.69) is 10.1 Å². The molecule has 0 aliphatic carbocycles. The van der Waals surface area contributed by atoms with Crippen LogP contribution in [0.5, 0.6) is 0 Å². The average molecular weight is 164 g/mol. The molecule has 0 atom stereocenters. The summed E-state index contributed by atoms with van der Waals surface area (Å²) in [6, 6.07) is 1.67. The van der Waals surface area contributed by atoms with E-state index in [4.69, 9.17) is 0 Å². The van der Waals surface area contributed by atoms with Crippen molar-refractivity contribution in [2.75, 3.05) is 0 Å². The first-order valence-electron chi connectivity index (χ1n) is 3.21. The highest BCUT2D eigenvalue weighted by Gasteiger charge is 2.06. The molecule has 0 unspecified atom stereocenters. The van der Waals surface area contributed by atoms with Crippen LogP contribution in [0, 0.1) is 10.1 Å². The van der Waals surface area contributed by atoms with Gasteiger partial charge in [0.2, 0.25) is 0 Å². The highest BCUT2D eigenvalue weighted by Crippen LogP contribution is 2.08. The van der Waals surface area contributed by atoms with Crippen molar-refractivity contribution in [2.24, 2.45) is 0 Å². The number of aromatic nitrogens is 3. The zero-order chi connectivity index (χ0) is 8.55. The highest BCUT2D eigenvalue weighted by atomic mass is 16.6. The zero-order valence-corrected chi connectivity index (χ0v) is 5.91. The summed E-state index contributed by atoms with van der Waals surface area (Å²) >= 11 is 0. The topological polar surface area (TPSA) is 73.3 Å². The number of nitrogens with zero attached hydrogens (tertiary/aromatic N) is 4. The SMILES string of the molecule is O=[N+]([O-])c1cnc2ccnn2c1. The molecule has 60 valence electrons. The summed E-state index contributed by atoms with van der Waals surface area (Å²) in [5.41, 5.74) is 0.534. The van der Waals surface area contributed by atoms with E-state index in [0.717, 1.165) is 0 Å². The number of hydrogen-bond donors (Lipinski definition) is 0. The lowest BCUT2D eigenvalue weighted by molar-refractivity contribution is -0.385. The molecule has 0 amide bonds. The molecule has 6 nitrogen and oxygen atoms in total. The van der Waals surface area contributed by atoms with E-state index in [1.807, 2.05) is 0 Å². The molecular formula is C6H4N4O2. The second-order valence-corrected chi connectivity index (χ2v) is 2.20. The third kappa shape index (κ3) is 0.895. The van der Waals surface area contributed by atoms with Crippen LogP contribution in [-0.4, -0.2) is 19.5 Å². The van der Waals surface area contributed by atoms with Crippen molar-refractivity contribution in [1.82, 2.24) is 14.6 Å². The fourth-order valence-electron chi connectivity index (χ4n) is 0.894. The minimum Gasteiger partial charge on any atom is -0.258 e. The zero-order valence-electron chi connectivity index (χ0n) is 5.91. The fourth-order valence-corrected chi connectivity index (χ4v) is 0.894. The Morgan fingerprint density at radius 3 is 3.17 bits per heavy atom. The maximum absolute atomic E-state index is 10.3. The van der Waals surface area contributed by atoms with Crippen LogP contribution >= 0.6 is 0 Å². The summed E-state index contributed by atoms with van der Waals surface area (Å²) in [6.07, 6.45) is 4.06. The van der Waals surface area contributed by atoms with Gasteiger partial charge in [0.05, 0.1) is 11.1 Å². The molecule has 0 aliphatic heterocycles. The molecule has 0 saturated heterocycles. The molecule has 2 aromatic heterocycles. The van der Waals surface area contributed by atoms with Crippen LogP contribution in [0.15, 0.2) is 24.7 Å². The third-order valence-corrected chi connectivity index (χ3v) is 1.44. The summed E-state index contributed by atoms with van der Waals surface area (Å²) in [5.74, 6) is 0. The van der Waals surface area contributed by atoms with Crippen LogP contribution < -0.4 is 0 Å². The summed E-state index contributed by atoms with van der Waals surface area (Å²) in [6.45, 7) is 0. The van der Waals surface area contributed by atoms with Crippen LogP contribution in [0.25, 0.3) is 5.65 Å². The molecule has 0 spiro atoms. The molecule has 0 aliphatic rings. The Morgan fingerprint density at radius 1 is 1.58 bits per heavy atom. The Bertz CT molecular complexity index is 436. The van der Waals surface area contributed by atoms with Crippen LogP contribution in [0.4, 0.5) is 5.69 Å². The van der Waals surface area contributed by atoms with Crippen LogP contribution in [-0.2, 0) is 0 Å². The molecule has 6 heteroatoms. The van der Waals surface area contributed by atoms with Gasteiger partial charge in [-0.1, -0.05) is 0 Å². The molecule has 0 radical (unpaired) electrons. The standard InChI is InChI=1S/C6H4N4O2/c11-10(12)5-3-7-6-1-2-8-9(6)4-5/h1-4H. The third-order valence-electron chi connectivity index (χ3n) is 1.44. The lowest BCUT2D eigenvalue weighted by Crippen LogP contribution is -1.94. The lowest BCUT2D eigenvalue weighted by Gasteiger charge is -1.91. The number of hydrogen-bond acceptors (Lipinski definition) is 4. The smallest absolute Gasteiger partial charge is 0.258 e. The summed E-state index contributed by atoms with van der Waals surface area (Å²) in [7, 11) is 0. The minimum atomic E-state index is -0.506. The molecule has 0 aromatic carbocycles. The van der Waals surface area contributed by atoms with Gasteiger partial charge in [-0.15, -0.1) is 0 Å². The predicted molar refractivity (Wildman–Crippen MR) is 39.6 cm³/mol. The predicted octanol–water partition coefficient (Wildman–Crippen LogP) is 0.637. The van der Waals surface area contributed by atoms with Crippen molar-refractivity contribution in [1.29, 1.82) is 0 Å². The molecule has 0 N–H and O–H groups in total. The van der Waals surface area contributed by atoms with E-state index >= 15 is 0 Å². The van der Waals surface area contributed by atoms with Crippen LogP contribution in [0.1, 0.15) is 0 Å². The highest BCUT2D eigenvalue weighted by molar-refractivity contribution is 5.39. The molecule has 2 aromatic rings. The van der Waals surface area contributed by atoms with Crippen molar-refractivity contribution >= 4 is 11.3 Å². The van der Waals surface area contributed by atoms with Gasteiger partial charge in [0.15, 0.2) is 5.65 Å². The van der Waals surface area contributed by atoms with E-state index in [9.17, 15) is 10.1 Å². The molecule has 12 heavy (non-hydrogen) atoms. The molecule has 0 fully saturated rings. The van der Waals surface area contributed by atoms with Crippen molar-refractivity contribution in [3.8, 4) is 0 Å². The quantitative estimate of drug-likeness (QED) is 0.457. The van der Waals surface area contributed by atoms with Gasteiger partial charge in [0.25, 0.3) is 0 Å². The first-order chi connectivity index (χ1) is 5.77. The van der Waals surface area contributed by atoms with E-state index in [-0.39, 0.29) is 5.69 Å². The first kappa shape index (κ1) is 6.71. The number of fused-ring (bicyclic) bond motifs is 1. The van der Waals surface area contributed by atoms with Crippen molar-refractivity contribution < 1.29 is 4.92 Å². The summed E-state index contributed by atoms with van der Waals surface area (Å²) in [5, 5.41) is 14.1. The lowest BCUT2D eigenvalue weighted by atomic mass is 10.5. The van der Waals surface area contributed by atoms with Gasteiger partial charge in [0, 0.05) is 6.07 Å². The van der Waals surface area contributed by atoms with Gasteiger partial charge < -0.3 is 0 Å². The normalized spacial score (nSPS) is 10.3. The first-order valence-corrected chi connectivity index (χ1v) is 3.21. The minimum absolute atomic E-state index is 0.0637. The van der Waals surface area contributed by atoms with Gasteiger partial charge >= 0.3 is 5.69 Å². The average Bonchev–Trinajstić information content (AvgIpc) is 2.49. The molecule has 2 rings (SSSR count). The maximum atomic E-state index is 10.3. The van der Waals surface area contributed by atoms with E-state index in [1.165, 1.54) is 23.1 Å². The summed E-state index contributed by atoms with van der Waals surface area (Å²) in [4.78, 5) is 13.6. The van der Waals surface area contributed by atoms with Crippen LogP contribution in [0.3, 0.4) is 0 Å². The van der Waals surface area contributed by atoms with Crippen LogP contribution in [0.2, 0.25) is 0 Å². The molecule has 0 saturated carbocycles. The van der Waals surface area contributed by atoms with Crippen molar-refractivity contribution in [2.45, 2.75) is 0 Å². The monoisotopic (exact) mass is 164 g/mol. The fraction of sp³-hybridized carbons (Fsp3) is 0. The molecule has 0 bridgehead atoms. The maximum Gasteiger partial charge on any atom is 0.305 e. The van der Waals surface area contributed by atoms with Gasteiger partial charge in [-0.25, -0.2) is 9.50 Å². The van der Waals surface area contributed by atoms with Gasteiger partial charge in [0.1, 0.15) is 12.4 Å². The van der Waals surface area contributed by atoms with E-state index in [1.54, 1.807) is 6.07 Å². The van der Waals surface area contributed by atoms with E-state index < -0.39 is 4.92 Å². The van der Waals surface area contributed by atoms with Gasteiger partial charge in [-0.3, -0.25) is 10.1 Å².